The van der Waals surface area contributed by atoms with Crippen molar-refractivity contribution in [1.29, 1.82) is 0 Å². The summed E-state index contributed by atoms with van der Waals surface area (Å²) >= 11 is 0. The smallest absolute Gasteiger partial charge is 0.257 e. The Hall–Kier alpha value is -2.10. The molecule has 4 nitrogen and oxygen atoms in total. The molecule has 1 atom stereocenters. The highest BCUT2D eigenvalue weighted by Gasteiger charge is 2.20. The van der Waals surface area contributed by atoms with E-state index < -0.39 is 0 Å². The van der Waals surface area contributed by atoms with Gasteiger partial charge in [-0.05, 0) is 25.3 Å². The molecule has 1 aromatic carbocycles. The summed E-state index contributed by atoms with van der Waals surface area (Å²) in [6.45, 7) is 4.19. The molecule has 0 fully saturated rings. The number of likely N-dealkylation sites (N-methyl/N-ethyl adjacent to an activating group) is 1. The van der Waals surface area contributed by atoms with Gasteiger partial charge in [0.05, 0.1) is 11.8 Å². The summed E-state index contributed by atoms with van der Waals surface area (Å²) in [5.74, 6) is 0.0118. The largest absolute Gasteiger partial charge is 0.338 e. The molecule has 0 spiro atoms. The molecule has 1 aromatic heterocycles. The second-order valence-electron chi connectivity index (χ2n) is 5.15. The van der Waals surface area contributed by atoms with Gasteiger partial charge in [0, 0.05) is 19.3 Å². The van der Waals surface area contributed by atoms with E-state index in [0.717, 1.165) is 12.8 Å². The predicted octanol–water partition coefficient (Wildman–Crippen LogP) is 2.81. The van der Waals surface area contributed by atoms with Crippen molar-refractivity contribution >= 4 is 5.91 Å². The number of carbonyl (C=O) groups is 1. The van der Waals surface area contributed by atoms with Gasteiger partial charge in [0.15, 0.2) is 0 Å². The number of benzene rings is 1. The van der Waals surface area contributed by atoms with E-state index in [9.17, 15) is 4.79 Å². The summed E-state index contributed by atoms with van der Waals surface area (Å²) in [5, 5.41) is 6.51. The molecule has 20 heavy (non-hydrogen) atoms. The van der Waals surface area contributed by atoms with Crippen LogP contribution in [0.4, 0.5) is 0 Å². The molecule has 0 bridgehead atoms. The van der Waals surface area contributed by atoms with Crippen LogP contribution < -0.4 is 0 Å². The second-order valence-corrected chi connectivity index (χ2v) is 5.15. The summed E-state index contributed by atoms with van der Waals surface area (Å²) in [7, 11) is 1.86. The summed E-state index contributed by atoms with van der Waals surface area (Å²) in [6, 6.07) is 8.68. The lowest BCUT2D eigenvalue weighted by Crippen LogP contribution is -2.38. The van der Waals surface area contributed by atoms with E-state index in [-0.39, 0.29) is 11.9 Å². The molecular formula is C16H21N3O. The fourth-order valence-electron chi connectivity index (χ4n) is 2.29. The van der Waals surface area contributed by atoms with Crippen LogP contribution in [0.15, 0.2) is 36.7 Å². The molecule has 0 saturated carbocycles. The molecule has 1 heterocycles. The van der Waals surface area contributed by atoms with E-state index in [2.05, 4.69) is 48.3 Å². The normalized spacial score (nSPS) is 12.2. The van der Waals surface area contributed by atoms with E-state index in [4.69, 9.17) is 0 Å². The van der Waals surface area contributed by atoms with Gasteiger partial charge < -0.3 is 4.90 Å². The number of H-pyrrole nitrogens is 1. The Morgan fingerprint density at radius 2 is 2.05 bits per heavy atom. The number of nitrogens with zero attached hydrogens (tertiary/aromatic N) is 2. The first kappa shape index (κ1) is 14.3. The van der Waals surface area contributed by atoms with Gasteiger partial charge in [0.2, 0.25) is 0 Å². The molecule has 0 aliphatic heterocycles. The number of hydrogen-bond acceptors (Lipinski definition) is 2. The SMILES string of the molecule is CCC(Cc1ccc(C)cc1)N(C)C(=O)c1cn[nH]c1. The van der Waals surface area contributed by atoms with Gasteiger partial charge in [0.1, 0.15) is 0 Å². The monoisotopic (exact) mass is 271 g/mol. The molecule has 2 rings (SSSR count). The third kappa shape index (κ3) is 3.26. The fourth-order valence-corrected chi connectivity index (χ4v) is 2.29. The van der Waals surface area contributed by atoms with Gasteiger partial charge in [-0.25, -0.2) is 0 Å². The third-order valence-electron chi connectivity index (χ3n) is 3.68. The molecule has 0 aliphatic rings. The van der Waals surface area contributed by atoms with Gasteiger partial charge >= 0.3 is 0 Å². The van der Waals surface area contributed by atoms with Crippen molar-refractivity contribution in [2.24, 2.45) is 0 Å². The van der Waals surface area contributed by atoms with Crippen molar-refractivity contribution in [2.75, 3.05) is 7.05 Å². The third-order valence-corrected chi connectivity index (χ3v) is 3.68. The number of nitrogens with one attached hydrogen (secondary N) is 1. The number of rotatable bonds is 5. The topological polar surface area (TPSA) is 49.0 Å². The molecule has 1 N–H and O–H groups in total. The van der Waals surface area contributed by atoms with Crippen LogP contribution in [0.5, 0.6) is 0 Å². The first-order valence-corrected chi connectivity index (χ1v) is 6.93. The maximum absolute atomic E-state index is 12.3. The first-order valence-electron chi connectivity index (χ1n) is 6.93. The average Bonchev–Trinajstić information content (AvgIpc) is 2.99. The molecule has 1 unspecified atom stereocenters. The summed E-state index contributed by atoms with van der Waals surface area (Å²) < 4.78 is 0. The van der Waals surface area contributed by atoms with Gasteiger partial charge in [-0.2, -0.15) is 5.10 Å². The molecular weight excluding hydrogens is 250 g/mol. The first-order chi connectivity index (χ1) is 9.61. The molecule has 106 valence electrons. The van der Waals surface area contributed by atoms with Crippen LogP contribution in [-0.2, 0) is 6.42 Å². The van der Waals surface area contributed by atoms with Crippen molar-refractivity contribution in [2.45, 2.75) is 32.7 Å². The lowest BCUT2D eigenvalue weighted by molar-refractivity contribution is 0.0727. The molecule has 2 aromatic rings. The number of aromatic amines is 1. The number of carbonyl (C=O) groups excluding carboxylic acids is 1. The van der Waals surface area contributed by atoms with E-state index >= 15 is 0 Å². The number of aryl methyl sites for hydroxylation is 1. The van der Waals surface area contributed by atoms with Gasteiger partial charge in [-0.1, -0.05) is 36.8 Å². The van der Waals surface area contributed by atoms with E-state index in [1.54, 1.807) is 12.4 Å². The van der Waals surface area contributed by atoms with E-state index in [1.165, 1.54) is 11.1 Å². The van der Waals surface area contributed by atoms with Gasteiger partial charge in [0.25, 0.3) is 5.91 Å². The Labute approximate surface area is 119 Å². The fraction of sp³-hybridized carbons (Fsp3) is 0.375. The number of hydrogen-bond donors (Lipinski definition) is 1. The van der Waals surface area contributed by atoms with Crippen molar-refractivity contribution in [3.05, 3.63) is 53.3 Å². The standard InChI is InChI=1S/C16H21N3O/c1-4-15(9-13-7-5-12(2)6-8-13)19(3)16(20)14-10-17-18-11-14/h5-8,10-11,15H,4,9H2,1-3H3,(H,17,18). The van der Waals surface area contributed by atoms with Crippen LogP contribution in [0.1, 0.15) is 34.8 Å². The second kappa shape index (κ2) is 6.37. The Kier molecular flexibility index (Phi) is 4.56. The van der Waals surface area contributed by atoms with Crippen LogP contribution >= 0.6 is 0 Å². The van der Waals surface area contributed by atoms with Crippen molar-refractivity contribution in [3.8, 4) is 0 Å². The van der Waals surface area contributed by atoms with Crippen LogP contribution in [0.2, 0.25) is 0 Å². The summed E-state index contributed by atoms with van der Waals surface area (Å²) in [5.41, 5.74) is 3.12. The Bertz CT molecular complexity index is 546. The molecule has 0 saturated heterocycles. The minimum absolute atomic E-state index is 0.0118. The summed E-state index contributed by atoms with van der Waals surface area (Å²) in [6.07, 6.45) is 5.00. The zero-order valence-electron chi connectivity index (χ0n) is 12.3. The Morgan fingerprint density at radius 1 is 1.35 bits per heavy atom. The minimum Gasteiger partial charge on any atom is -0.338 e. The average molecular weight is 271 g/mol. The van der Waals surface area contributed by atoms with Gasteiger partial charge in [-0.3, -0.25) is 9.89 Å². The molecule has 0 aliphatic carbocycles. The lowest BCUT2D eigenvalue weighted by atomic mass is 10.0. The molecule has 4 heteroatoms. The van der Waals surface area contributed by atoms with Crippen molar-refractivity contribution in [3.63, 3.8) is 0 Å². The molecule has 1 amide bonds. The van der Waals surface area contributed by atoms with Crippen molar-refractivity contribution in [1.82, 2.24) is 15.1 Å². The highest BCUT2D eigenvalue weighted by molar-refractivity contribution is 5.93. The van der Waals surface area contributed by atoms with Crippen LogP contribution in [0, 0.1) is 6.92 Å². The minimum atomic E-state index is 0.0118. The number of aromatic nitrogens is 2. The van der Waals surface area contributed by atoms with E-state index in [0.29, 0.717) is 5.56 Å². The zero-order chi connectivity index (χ0) is 14.5. The van der Waals surface area contributed by atoms with Gasteiger partial charge in [-0.15, -0.1) is 0 Å². The Balaban J connectivity index is 2.07. The summed E-state index contributed by atoms with van der Waals surface area (Å²) in [4.78, 5) is 14.1. The van der Waals surface area contributed by atoms with Crippen LogP contribution in [0.25, 0.3) is 0 Å². The maximum atomic E-state index is 12.3. The van der Waals surface area contributed by atoms with E-state index in [1.807, 2.05) is 11.9 Å². The highest BCUT2D eigenvalue weighted by atomic mass is 16.2. The number of amides is 1. The van der Waals surface area contributed by atoms with Crippen molar-refractivity contribution < 1.29 is 4.79 Å². The Morgan fingerprint density at radius 3 is 2.60 bits per heavy atom. The zero-order valence-corrected chi connectivity index (χ0v) is 12.3. The quantitative estimate of drug-likeness (QED) is 0.909. The highest BCUT2D eigenvalue weighted by Crippen LogP contribution is 2.14. The van der Waals surface area contributed by atoms with Crippen LogP contribution in [0.3, 0.4) is 0 Å². The maximum Gasteiger partial charge on any atom is 0.257 e. The lowest BCUT2D eigenvalue weighted by Gasteiger charge is -2.27. The predicted molar refractivity (Wildman–Crippen MR) is 79.6 cm³/mol. The molecule has 0 radical (unpaired) electrons. The van der Waals surface area contributed by atoms with Crippen LogP contribution in [-0.4, -0.2) is 34.1 Å².